The van der Waals surface area contributed by atoms with E-state index >= 15 is 0 Å². The van der Waals surface area contributed by atoms with E-state index in [2.05, 4.69) is 22.4 Å². The lowest BCUT2D eigenvalue weighted by atomic mass is 10.1. The third kappa shape index (κ3) is 2.67. The van der Waals surface area contributed by atoms with Crippen LogP contribution < -0.4 is 5.32 Å². The molecule has 0 aliphatic carbocycles. The van der Waals surface area contributed by atoms with Gasteiger partial charge in [-0.1, -0.05) is 6.92 Å². The maximum atomic E-state index is 5.36. The highest BCUT2D eigenvalue weighted by Gasteiger charge is 2.12. The van der Waals surface area contributed by atoms with Crippen molar-refractivity contribution in [1.82, 2.24) is 15.5 Å². The Labute approximate surface area is 94.7 Å². The van der Waals surface area contributed by atoms with Gasteiger partial charge in [0, 0.05) is 18.7 Å². The maximum Gasteiger partial charge on any atom is 0.105 e. The van der Waals surface area contributed by atoms with Crippen LogP contribution in [0.25, 0.3) is 0 Å². The Balaban J connectivity index is 2.11. The standard InChI is InChI=1S/C12H15N3O/c1-2-13-12(8-11-4-3-7-16-11)10-5-6-14-15-9-10/h3-7,9,12-13H,2,8H2,1H3. The number of furan rings is 1. The molecule has 0 aromatic carbocycles. The molecule has 2 heterocycles. The number of hydrogen-bond donors (Lipinski definition) is 1. The summed E-state index contributed by atoms with van der Waals surface area (Å²) >= 11 is 0. The van der Waals surface area contributed by atoms with E-state index in [1.807, 2.05) is 18.2 Å². The lowest BCUT2D eigenvalue weighted by Crippen LogP contribution is -2.23. The quantitative estimate of drug-likeness (QED) is 0.831. The van der Waals surface area contributed by atoms with Gasteiger partial charge in [0.15, 0.2) is 0 Å². The second-order valence-electron chi connectivity index (χ2n) is 3.57. The van der Waals surface area contributed by atoms with E-state index < -0.39 is 0 Å². The van der Waals surface area contributed by atoms with E-state index in [1.165, 1.54) is 0 Å². The van der Waals surface area contributed by atoms with Crippen LogP contribution in [0.5, 0.6) is 0 Å². The lowest BCUT2D eigenvalue weighted by Gasteiger charge is -2.16. The summed E-state index contributed by atoms with van der Waals surface area (Å²) in [6, 6.07) is 6.09. The smallest absolute Gasteiger partial charge is 0.105 e. The molecule has 0 radical (unpaired) electrons. The van der Waals surface area contributed by atoms with Crippen molar-refractivity contribution in [3.63, 3.8) is 0 Å². The molecule has 2 aromatic rings. The van der Waals surface area contributed by atoms with E-state index in [0.29, 0.717) is 0 Å². The van der Waals surface area contributed by atoms with Crippen LogP contribution in [0, 0.1) is 0 Å². The number of likely N-dealkylation sites (N-methyl/N-ethyl adjacent to an activating group) is 1. The Morgan fingerprint density at radius 2 is 2.31 bits per heavy atom. The van der Waals surface area contributed by atoms with Gasteiger partial charge in [-0.05, 0) is 30.3 Å². The van der Waals surface area contributed by atoms with Crippen molar-refractivity contribution in [1.29, 1.82) is 0 Å². The van der Waals surface area contributed by atoms with Gasteiger partial charge >= 0.3 is 0 Å². The van der Waals surface area contributed by atoms with Crippen LogP contribution in [0.3, 0.4) is 0 Å². The molecular weight excluding hydrogens is 202 g/mol. The van der Waals surface area contributed by atoms with E-state index in [4.69, 9.17) is 4.42 Å². The second-order valence-corrected chi connectivity index (χ2v) is 3.57. The number of rotatable bonds is 5. The molecule has 0 aliphatic heterocycles. The predicted octanol–water partition coefficient (Wildman–Crippen LogP) is 1.96. The molecule has 0 saturated carbocycles. The molecule has 4 heteroatoms. The van der Waals surface area contributed by atoms with Gasteiger partial charge in [-0.3, -0.25) is 0 Å². The number of nitrogens with zero attached hydrogens (tertiary/aromatic N) is 2. The molecule has 1 unspecified atom stereocenters. The molecule has 4 nitrogen and oxygen atoms in total. The minimum Gasteiger partial charge on any atom is -0.469 e. The Hall–Kier alpha value is -1.68. The lowest BCUT2D eigenvalue weighted by molar-refractivity contribution is 0.454. The minimum absolute atomic E-state index is 0.228. The molecule has 0 saturated heterocycles. The Morgan fingerprint density at radius 3 is 2.94 bits per heavy atom. The van der Waals surface area contributed by atoms with Gasteiger partial charge in [0.25, 0.3) is 0 Å². The van der Waals surface area contributed by atoms with Crippen LogP contribution in [-0.2, 0) is 6.42 Å². The van der Waals surface area contributed by atoms with Crippen molar-refractivity contribution in [2.45, 2.75) is 19.4 Å². The largest absolute Gasteiger partial charge is 0.469 e. The fourth-order valence-electron chi connectivity index (χ4n) is 1.69. The Bertz CT molecular complexity index is 399. The van der Waals surface area contributed by atoms with Gasteiger partial charge in [0.05, 0.1) is 12.5 Å². The van der Waals surface area contributed by atoms with Crippen LogP contribution in [-0.4, -0.2) is 16.7 Å². The molecule has 0 bridgehead atoms. The summed E-state index contributed by atoms with van der Waals surface area (Å²) in [5, 5.41) is 11.1. The molecule has 1 atom stereocenters. The van der Waals surface area contributed by atoms with E-state index in [9.17, 15) is 0 Å². The van der Waals surface area contributed by atoms with Gasteiger partial charge in [0.2, 0.25) is 0 Å². The summed E-state index contributed by atoms with van der Waals surface area (Å²) in [5.41, 5.74) is 1.13. The first kappa shape index (κ1) is 10.8. The van der Waals surface area contributed by atoms with Gasteiger partial charge < -0.3 is 9.73 Å². The van der Waals surface area contributed by atoms with Crippen LogP contribution in [0.4, 0.5) is 0 Å². The molecule has 0 spiro atoms. The first-order valence-electron chi connectivity index (χ1n) is 5.42. The van der Waals surface area contributed by atoms with E-state index in [1.54, 1.807) is 18.7 Å². The van der Waals surface area contributed by atoms with Gasteiger partial charge in [-0.15, -0.1) is 0 Å². The van der Waals surface area contributed by atoms with Crippen molar-refractivity contribution in [3.05, 3.63) is 48.2 Å². The summed E-state index contributed by atoms with van der Waals surface area (Å²) in [6.45, 7) is 3.00. The second kappa shape index (κ2) is 5.42. The monoisotopic (exact) mass is 217 g/mol. The van der Waals surface area contributed by atoms with E-state index in [-0.39, 0.29) is 6.04 Å². The third-order valence-electron chi connectivity index (χ3n) is 2.45. The van der Waals surface area contributed by atoms with Crippen LogP contribution in [0.1, 0.15) is 24.3 Å². The molecule has 1 N–H and O–H groups in total. The summed E-state index contributed by atoms with van der Waals surface area (Å²) in [7, 11) is 0. The Morgan fingerprint density at radius 1 is 1.38 bits per heavy atom. The minimum atomic E-state index is 0.228. The van der Waals surface area contributed by atoms with Crippen LogP contribution in [0.15, 0.2) is 41.3 Å². The van der Waals surface area contributed by atoms with Gasteiger partial charge in [-0.25, -0.2) is 0 Å². The first-order chi connectivity index (χ1) is 7.90. The summed E-state index contributed by atoms with van der Waals surface area (Å²) in [6.07, 6.45) is 6.02. The summed E-state index contributed by atoms with van der Waals surface area (Å²) < 4.78 is 5.36. The maximum absolute atomic E-state index is 5.36. The zero-order chi connectivity index (χ0) is 11.2. The highest BCUT2D eigenvalue weighted by Crippen LogP contribution is 2.17. The molecular formula is C12H15N3O. The SMILES string of the molecule is CCNC(Cc1ccco1)c1ccnnc1. The van der Waals surface area contributed by atoms with E-state index in [0.717, 1.165) is 24.3 Å². The van der Waals surface area contributed by atoms with Crippen molar-refractivity contribution >= 4 is 0 Å². The average molecular weight is 217 g/mol. The predicted molar refractivity (Wildman–Crippen MR) is 60.9 cm³/mol. The highest BCUT2D eigenvalue weighted by atomic mass is 16.3. The summed E-state index contributed by atoms with van der Waals surface area (Å²) in [4.78, 5) is 0. The third-order valence-corrected chi connectivity index (χ3v) is 2.45. The average Bonchev–Trinajstić information content (AvgIpc) is 2.83. The van der Waals surface area contributed by atoms with Crippen molar-refractivity contribution in [2.75, 3.05) is 6.54 Å². The number of nitrogens with one attached hydrogen (secondary N) is 1. The molecule has 84 valence electrons. The molecule has 2 rings (SSSR count). The van der Waals surface area contributed by atoms with Crippen LogP contribution in [0.2, 0.25) is 0 Å². The molecule has 0 aliphatic rings. The highest BCUT2D eigenvalue weighted by molar-refractivity contribution is 5.14. The molecule has 0 amide bonds. The van der Waals surface area contributed by atoms with Gasteiger partial charge in [-0.2, -0.15) is 10.2 Å². The first-order valence-corrected chi connectivity index (χ1v) is 5.42. The van der Waals surface area contributed by atoms with Crippen molar-refractivity contribution in [2.24, 2.45) is 0 Å². The van der Waals surface area contributed by atoms with Gasteiger partial charge in [0.1, 0.15) is 5.76 Å². The van der Waals surface area contributed by atoms with Crippen LogP contribution >= 0.6 is 0 Å². The normalized spacial score (nSPS) is 12.6. The number of aromatic nitrogens is 2. The topological polar surface area (TPSA) is 51.0 Å². The zero-order valence-electron chi connectivity index (χ0n) is 9.26. The molecule has 16 heavy (non-hydrogen) atoms. The Kier molecular flexibility index (Phi) is 3.66. The summed E-state index contributed by atoms with van der Waals surface area (Å²) in [5.74, 6) is 0.975. The van der Waals surface area contributed by atoms with Crippen molar-refractivity contribution in [3.8, 4) is 0 Å². The fraction of sp³-hybridized carbons (Fsp3) is 0.333. The zero-order valence-corrected chi connectivity index (χ0v) is 9.26. The molecule has 2 aromatic heterocycles. The van der Waals surface area contributed by atoms with Crippen molar-refractivity contribution < 1.29 is 4.42 Å². The fourth-order valence-corrected chi connectivity index (χ4v) is 1.69. The number of hydrogen-bond acceptors (Lipinski definition) is 4. The molecule has 0 fully saturated rings.